The van der Waals surface area contributed by atoms with E-state index < -0.39 is 0 Å². The Hall–Kier alpha value is -2.08. The minimum absolute atomic E-state index is 0.0107. The van der Waals surface area contributed by atoms with Gasteiger partial charge >= 0.3 is 6.03 Å². The van der Waals surface area contributed by atoms with E-state index in [4.69, 9.17) is 5.84 Å². The van der Waals surface area contributed by atoms with Crippen LogP contribution >= 0.6 is 0 Å². The zero-order chi connectivity index (χ0) is 13.8. The number of carbonyl (C=O) groups is 2. The van der Waals surface area contributed by atoms with Crippen molar-refractivity contribution in [1.82, 2.24) is 15.2 Å². The Balaban J connectivity index is 1.98. The Morgan fingerprint density at radius 2 is 1.79 bits per heavy atom. The molecule has 1 aliphatic heterocycles. The van der Waals surface area contributed by atoms with Gasteiger partial charge in [-0.2, -0.15) is 0 Å². The van der Waals surface area contributed by atoms with Crippen LogP contribution in [0.2, 0.25) is 0 Å². The first-order chi connectivity index (χ1) is 9.11. The highest BCUT2D eigenvalue weighted by molar-refractivity contribution is 5.94. The molecule has 3 N–H and O–H groups in total. The second-order valence-corrected chi connectivity index (χ2v) is 4.60. The van der Waals surface area contributed by atoms with Gasteiger partial charge in [-0.3, -0.25) is 10.2 Å². The van der Waals surface area contributed by atoms with Gasteiger partial charge in [0.15, 0.2) is 0 Å². The van der Waals surface area contributed by atoms with E-state index in [0.717, 1.165) is 5.56 Å². The number of rotatable bonds is 1. The van der Waals surface area contributed by atoms with Gasteiger partial charge in [0, 0.05) is 31.7 Å². The van der Waals surface area contributed by atoms with Gasteiger partial charge in [-0.25, -0.2) is 10.6 Å². The molecule has 6 nitrogen and oxygen atoms in total. The average Bonchev–Trinajstić information content (AvgIpc) is 2.46. The van der Waals surface area contributed by atoms with Gasteiger partial charge in [0.2, 0.25) is 0 Å². The number of hydrogen-bond donors (Lipinski definition) is 2. The summed E-state index contributed by atoms with van der Waals surface area (Å²) in [6, 6.07) is 7.22. The maximum Gasteiger partial charge on any atom is 0.331 e. The van der Waals surface area contributed by atoms with Gasteiger partial charge < -0.3 is 9.80 Å². The van der Waals surface area contributed by atoms with Gasteiger partial charge in [0.05, 0.1) is 0 Å². The lowest BCUT2D eigenvalue weighted by molar-refractivity contribution is 0.0665. The van der Waals surface area contributed by atoms with Crippen molar-refractivity contribution in [3.63, 3.8) is 0 Å². The molecule has 6 heteroatoms. The van der Waals surface area contributed by atoms with Gasteiger partial charge in [0.25, 0.3) is 5.91 Å². The normalized spacial score (nSPS) is 15.3. The van der Waals surface area contributed by atoms with E-state index in [1.165, 1.54) is 0 Å². The number of benzene rings is 1. The molecule has 19 heavy (non-hydrogen) atoms. The highest BCUT2D eigenvalue weighted by Gasteiger charge is 2.24. The number of urea groups is 1. The predicted octanol–water partition coefficient (Wildman–Crippen LogP) is 0.336. The molecule has 0 radical (unpaired) electrons. The molecule has 2 rings (SSSR count). The summed E-state index contributed by atoms with van der Waals surface area (Å²) in [7, 11) is 0. The number of nitrogens with zero attached hydrogens (tertiary/aromatic N) is 2. The molecular formula is C13H18N4O2. The maximum absolute atomic E-state index is 12.3. The van der Waals surface area contributed by atoms with E-state index in [-0.39, 0.29) is 11.9 Å². The van der Waals surface area contributed by atoms with E-state index in [9.17, 15) is 9.59 Å². The van der Waals surface area contributed by atoms with Crippen molar-refractivity contribution in [2.75, 3.05) is 26.2 Å². The summed E-state index contributed by atoms with van der Waals surface area (Å²) in [5, 5.41) is 0. The summed E-state index contributed by atoms with van der Waals surface area (Å²) in [5.41, 5.74) is 3.85. The van der Waals surface area contributed by atoms with Crippen LogP contribution in [0.4, 0.5) is 4.79 Å². The Labute approximate surface area is 112 Å². The van der Waals surface area contributed by atoms with Crippen LogP contribution in [0.15, 0.2) is 24.3 Å². The van der Waals surface area contributed by atoms with E-state index in [2.05, 4.69) is 5.43 Å². The quantitative estimate of drug-likeness (QED) is 0.435. The van der Waals surface area contributed by atoms with Gasteiger partial charge in [-0.05, 0) is 19.1 Å². The Bertz CT molecular complexity index is 481. The van der Waals surface area contributed by atoms with E-state index >= 15 is 0 Å². The Kier molecular flexibility index (Phi) is 4.01. The van der Waals surface area contributed by atoms with Crippen molar-refractivity contribution in [1.29, 1.82) is 0 Å². The molecule has 1 fully saturated rings. The number of aryl methyl sites for hydroxylation is 1. The number of hydrazine groups is 1. The van der Waals surface area contributed by atoms with Gasteiger partial charge in [0.1, 0.15) is 0 Å². The third kappa shape index (κ3) is 3.03. The fraction of sp³-hybridized carbons (Fsp3) is 0.385. The third-order valence-electron chi connectivity index (χ3n) is 3.24. The SMILES string of the molecule is Cc1cccc(C(=O)N2CCN(C(=O)NN)CC2)c1. The lowest BCUT2D eigenvalue weighted by Gasteiger charge is -2.34. The van der Waals surface area contributed by atoms with Gasteiger partial charge in [-0.15, -0.1) is 0 Å². The van der Waals surface area contributed by atoms with Crippen molar-refractivity contribution in [2.24, 2.45) is 5.84 Å². The minimum atomic E-state index is -0.303. The first-order valence-corrected chi connectivity index (χ1v) is 6.23. The molecule has 0 spiro atoms. The smallest absolute Gasteiger partial charge is 0.331 e. The molecule has 0 saturated carbocycles. The molecule has 1 aromatic carbocycles. The number of carbonyl (C=O) groups excluding carboxylic acids is 2. The van der Waals surface area contributed by atoms with Crippen molar-refractivity contribution in [3.05, 3.63) is 35.4 Å². The summed E-state index contributed by atoms with van der Waals surface area (Å²) in [6.07, 6.45) is 0. The van der Waals surface area contributed by atoms with Crippen LogP contribution in [0.3, 0.4) is 0 Å². The fourth-order valence-corrected chi connectivity index (χ4v) is 2.16. The molecule has 0 bridgehead atoms. The number of nitrogens with two attached hydrogens (primary N) is 1. The summed E-state index contributed by atoms with van der Waals surface area (Å²) >= 11 is 0. The summed E-state index contributed by atoms with van der Waals surface area (Å²) in [5.74, 6) is 5.09. The molecule has 3 amide bonds. The summed E-state index contributed by atoms with van der Waals surface area (Å²) in [6.45, 7) is 4.02. The predicted molar refractivity (Wildman–Crippen MR) is 71.4 cm³/mol. The molecule has 102 valence electrons. The molecule has 0 atom stereocenters. The molecule has 1 heterocycles. The monoisotopic (exact) mass is 262 g/mol. The zero-order valence-electron chi connectivity index (χ0n) is 10.9. The topological polar surface area (TPSA) is 78.7 Å². The highest BCUT2D eigenvalue weighted by atomic mass is 16.2. The molecule has 0 aromatic heterocycles. The standard InChI is InChI=1S/C13H18N4O2/c1-10-3-2-4-11(9-10)12(18)16-5-7-17(8-6-16)13(19)15-14/h2-4,9H,5-8,14H2,1H3,(H,15,19). The van der Waals surface area contributed by atoms with Crippen molar-refractivity contribution in [2.45, 2.75) is 6.92 Å². The number of piperazine rings is 1. The van der Waals surface area contributed by atoms with Crippen LogP contribution in [0.25, 0.3) is 0 Å². The summed E-state index contributed by atoms with van der Waals surface area (Å²) < 4.78 is 0. The second-order valence-electron chi connectivity index (χ2n) is 4.60. The molecule has 1 aromatic rings. The Morgan fingerprint density at radius 1 is 1.16 bits per heavy atom. The molecule has 1 saturated heterocycles. The second kappa shape index (κ2) is 5.71. The minimum Gasteiger partial charge on any atom is -0.335 e. The highest BCUT2D eigenvalue weighted by Crippen LogP contribution is 2.10. The molecule has 0 aliphatic carbocycles. The zero-order valence-corrected chi connectivity index (χ0v) is 10.9. The van der Waals surface area contributed by atoms with Crippen LogP contribution in [-0.4, -0.2) is 47.9 Å². The van der Waals surface area contributed by atoms with Gasteiger partial charge in [-0.1, -0.05) is 17.7 Å². The van der Waals surface area contributed by atoms with Crippen molar-refractivity contribution in [3.8, 4) is 0 Å². The third-order valence-corrected chi connectivity index (χ3v) is 3.24. The number of nitrogens with one attached hydrogen (secondary N) is 1. The first-order valence-electron chi connectivity index (χ1n) is 6.23. The van der Waals surface area contributed by atoms with Crippen LogP contribution in [-0.2, 0) is 0 Å². The maximum atomic E-state index is 12.3. The van der Waals surface area contributed by atoms with Crippen LogP contribution < -0.4 is 11.3 Å². The first kappa shape index (κ1) is 13.4. The van der Waals surface area contributed by atoms with Crippen LogP contribution in [0.5, 0.6) is 0 Å². The molecule has 1 aliphatic rings. The van der Waals surface area contributed by atoms with E-state index in [0.29, 0.717) is 31.7 Å². The largest absolute Gasteiger partial charge is 0.335 e. The number of amides is 3. The summed E-state index contributed by atoms with van der Waals surface area (Å²) in [4.78, 5) is 27.0. The lowest BCUT2D eigenvalue weighted by Crippen LogP contribution is -2.54. The van der Waals surface area contributed by atoms with Crippen LogP contribution in [0.1, 0.15) is 15.9 Å². The molecular weight excluding hydrogens is 244 g/mol. The Morgan fingerprint density at radius 3 is 2.37 bits per heavy atom. The number of hydrogen-bond acceptors (Lipinski definition) is 3. The van der Waals surface area contributed by atoms with Crippen LogP contribution in [0, 0.1) is 6.92 Å². The molecule has 0 unspecified atom stereocenters. The average molecular weight is 262 g/mol. The van der Waals surface area contributed by atoms with E-state index in [1.54, 1.807) is 9.80 Å². The van der Waals surface area contributed by atoms with E-state index in [1.807, 2.05) is 31.2 Å². The van der Waals surface area contributed by atoms with Crippen molar-refractivity contribution >= 4 is 11.9 Å². The van der Waals surface area contributed by atoms with Crippen molar-refractivity contribution < 1.29 is 9.59 Å². The fourth-order valence-electron chi connectivity index (χ4n) is 2.16. The lowest BCUT2D eigenvalue weighted by atomic mass is 10.1.